The molecule has 5 heteroatoms. The third-order valence-electron chi connectivity index (χ3n) is 2.93. The number of carbonyl (C=O) groups is 1. The van der Waals surface area contributed by atoms with Crippen LogP contribution in [0.2, 0.25) is 0 Å². The molecule has 5 nitrogen and oxygen atoms in total. The molecule has 20 heavy (non-hydrogen) atoms. The topological polar surface area (TPSA) is 61.3 Å². The third kappa shape index (κ3) is 3.54. The Bertz CT molecular complexity index is 565. The van der Waals surface area contributed by atoms with Crippen molar-refractivity contribution in [1.29, 1.82) is 0 Å². The number of methoxy groups -OCH3 is 2. The average Bonchev–Trinajstić information content (AvgIpc) is 2.53. The highest BCUT2D eigenvalue weighted by molar-refractivity contribution is 5.94. The first-order valence-electron chi connectivity index (χ1n) is 6.27. The molecule has 0 atom stereocenters. The van der Waals surface area contributed by atoms with Gasteiger partial charge < -0.3 is 9.47 Å². The summed E-state index contributed by atoms with van der Waals surface area (Å²) in [5.41, 5.74) is 1.44. The maximum absolute atomic E-state index is 12.0. The van der Waals surface area contributed by atoms with Gasteiger partial charge in [-0.2, -0.15) is 0 Å². The van der Waals surface area contributed by atoms with Gasteiger partial charge in [-0.1, -0.05) is 12.1 Å². The van der Waals surface area contributed by atoms with E-state index < -0.39 is 0 Å². The van der Waals surface area contributed by atoms with Gasteiger partial charge in [0.2, 0.25) is 5.88 Å². The summed E-state index contributed by atoms with van der Waals surface area (Å²) in [7, 11) is 3.13. The fourth-order valence-electron chi connectivity index (χ4n) is 1.76. The van der Waals surface area contributed by atoms with Gasteiger partial charge >= 0.3 is 0 Å². The van der Waals surface area contributed by atoms with Crippen molar-refractivity contribution in [3.05, 3.63) is 47.7 Å². The molecule has 2 rings (SSSR count). The standard InChI is InChI=1S/C15H16N2O3/c1-19-12-6-3-11(4-7-12)5-9-14(18)13-8-10-15(20-2)17-16-13/h3-4,6-8,10H,5,9H2,1-2H3. The van der Waals surface area contributed by atoms with E-state index in [1.165, 1.54) is 7.11 Å². The number of Topliss-reactive ketones (excluding diaryl/α,β-unsaturated/α-hetero) is 1. The van der Waals surface area contributed by atoms with Gasteiger partial charge in [0.25, 0.3) is 0 Å². The molecule has 1 aromatic carbocycles. The predicted octanol–water partition coefficient (Wildman–Crippen LogP) is 2.31. The van der Waals surface area contributed by atoms with Gasteiger partial charge in [0.05, 0.1) is 14.2 Å². The highest BCUT2D eigenvalue weighted by Gasteiger charge is 2.09. The van der Waals surface area contributed by atoms with Crippen LogP contribution in [0.4, 0.5) is 0 Å². The first-order chi connectivity index (χ1) is 9.72. The van der Waals surface area contributed by atoms with Crippen molar-refractivity contribution in [3.8, 4) is 11.6 Å². The SMILES string of the molecule is COc1ccc(CCC(=O)c2ccc(OC)nn2)cc1. The van der Waals surface area contributed by atoms with E-state index in [-0.39, 0.29) is 5.78 Å². The van der Waals surface area contributed by atoms with Gasteiger partial charge in [-0.3, -0.25) is 4.79 Å². The summed E-state index contributed by atoms with van der Waals surface area (Å²) in [5, 5.41) is 7.63. The van der Waals surface area contributed by atoms with Crippen LogP contribution in [-0.4, -0.2) is 30.2 Å². The van der Waals surface area contributed by atoms with E-state index >= 15 is 0 Å². The highest BCUT2D eigenvalue weighted by atomic mass is 16.5. The van der Waals surface area contributed by atoms with Crippen LogP contribution in [0.1, 0.15) is 22.5 Å². The van der Waals surface area contributed by atoms with E-state index in [9.17, 15) is 4.79 Å². The second-order valence-corrected chi connectivity index (χ2v) is 4.23. The minimum Gasteiger partial charge on any atom is -0.497 e. The summed E-state index contributed by atoms with van der Waals surface area (Å²) < 4.78 is 9.99. The maximum Gasteiger partial charge on any atom is 0.233 e. The summed E-state index contributed by atoms with van der Waals surface area (Å²) in [6.45, 7) is 0. The number of aryl methyl sites for hydroxylation is 1. The molecule has 104 valence electrons. The minimum atomic E-state index is -0.0315. The highest BCUT2D eigenvalue weighted by Crippen LogP contribution is 2.14. The quantitative estimate of drug-likeness (QED) is 0.755. The van der Waals surface area contributed by atoms with Gasteiger partial charge in [0.1, 0.15) is 11.4 Å². The molecule has 2 aromatic rings. The van der Waals surface area contributed by atoms with E-state index in [4.69, 9.17) is 9.47 Å². The fourth-order valence-corrected chi connectivity index (χ4v) is 1.76. The minimum absolute atomic E-state index is 0.0315. The fraction of sp³-hybridized carbons (Fsp3) is 0.267. The van der Waals surface area contributed by atoms with E-state index in [1.807, 2.05) is 24.3 Å². The molecule has 1 heterocycles. The van der Waals surface area contributed by atoms with Crippen LogP contribution in [-0.2, 0) is 6.42 Å². The molecule has 0 N–H and O–H groups in total. The molecule has 0 aliphatic carbocycles. The molecule has 1 aromatic heterocycles. The van der Waals surface area contributed by atoms with Crippen LogP contribution in [0.3, 0.4) is 0 Å². The molecule has 0 bridgehead atoms. The van der Waals surface area contributed by atoms with Crippen LogP contribution in [0.5, 0.6) is 11.6 Å². The molecular formula is C15H16N2O3. The van der Waals surface area contributed by atoms with Gasteiger partial charge in [-0.15, -0.1) is 10.2 Å². The van der Waals surface area contributed by atoms with Crippen LogP contribution >= 0.6 is 0 Å². The van der Waals surface area contributed by atoms with Crippen molar-refractivity contribution >= 4 is 5.78 Å². The Labute approximate surface area is 117 Å². The lowest BCUT2D eigenvalue weighted by Crippen LogP contribution is -2.05. The number of hydrogen-bond acceptors (Lipinski definition) is 5. The van der Waals surface area contributed by atoms with Gasteiger partial charge in [0, 0.05) is 12.5 Å². The Balaban J connectivity index is 1.93. The van der Waals surface area contributed by atoms with Crippen molar-refractivity contribution < 1.29 is 14.3 Å². The van der Waals surface area contributed by atoms with Crippen LogP contribution in [0, 0.1) is 0 Å². The largest absolute Gasteiger partial charge is 0.497 e. The number of ketones is 1. The van der Waals surface area contributed by atoms with Crippen molar-refractivity contribution in [3.63, 3.8) is 0 Å². The molecule has 0 radical (unpaired) electrons. The molecule has 0 saturated heterocycles. The van der Waals surface area contributed by atoms with E-state index in [0.717, 1.165) is 11.3 Å². The monoisotopic (exact) mass is 272 g/mol. The second-order valence-electron chi connectivity index (χ2n) is 4.23. The van der Waals surface area contributed by atoms with Crippen molar-refractivity contribution in [2.45, 2.75) is 12.8 Å². The number of ether oxygens (including phenoxy) is 2. The molecule has 0 aliphatic heterocycles. The van der Waals surface area contributed by atoms with Crippen LogP contribution < -0.4 is 9.47 Å². The van der Waals surface area contributed by atoms with Gasteiger partial charge in [0.15, 0.2) is 5.78 Å². The zero-order valence-electron chi connectivity index (χ0n) is 11.5. The van der Waals surface area contributed by atoms with Gasteiger partial charge in [-0.25, -0.2) is 0 Å². The Morgan fingerprint density at radius 2 is 1.75 bits per heavy atom. The molecular weight excluding hydrogens is 256 g/mol. The summed E-state index contributed by atoms with van der Waals surface area (Å²) in [4.78, 5) is 12.0. The van der Waals surface area contributed by atoms with E-state index in [2.05, 4.69) is 10.2 Å². The lowest BCUT2D eigenvalue weighted by atomic mass is 10.1. The van der Waals surface area contributed by atoms with E-state index in [1.54, 1.807) is 19.2 Å². The maximum atomic E-state index is 12.0. The Morgan fingerprint density at radius 3 is 2.30 bits per heavy atom. The Hall–Kier alpha value is -2.43. The molecule has 0 saturated carbocycles. The number of hydrogen-bond donors (Lipinski definition) is 0. The summed E-state index contributed by atoms with van der Waals surface area (Å²) in [6, 6.07) is 10.9. The smallest absolute Gasteiger partial charge is 0.233 e. The summed E-state index contributed by atoms with van der Waals surface area (Å²) >= 11 is 0. The molecule has 0 spiro atoms. The number of benzene rings is 1. The zero-order valence-corrected chi connectivity index (χ0v) is 11.5. The lowest BCUT2D eigenvalue weighted by molar-refractivity contribution is 0.0977. The molecule has 0 unspecified atom stereocenters. The first kappa shape index (κ1) is 14.0. The van der Waals surface area contributed by atoms with Gasteiger partial charge in [-0.05, 0) is 30.2 Å². The normalized spacial score (nSPS) is 10.1. The second kappa shape index (κ2) is 6.65. The first-order valence-corrected chi connectivity index (χ1v) is 6.27. The predicted molar refractivity (Wildman–Crippen MR) is 74.2 cm³/mol. The van der Waals surface area contributed by atoms with E-state index in [0.29, 0.717) is 24.4 Å². The van der Waals surface area contributed by atoms with Crippen LogP contribution in [0.25, 0.3) is 0 Å². The molecule has 0 fully saturated rings. The number of carbonyl (C=O) groups excluding carboxylic acids is 1. The summed E-state index contributed by atoms with van der Waals surface area (Å²) in [5.74, 6) is 1.17. The van der Waals surface area contributed by atoms with Crippen molar-refractivity contribution in [1.82, 2.24) is 10.2 Å². The lowest BCUT2D eigenvalue weighted by Gasteiger charge is -2.03. The zero-order chi connectivity index (χ0) is 14.4. The number of aromatic nitrogens is 2. The summed E-state index contributed by atoms with van der Waals surface area (Å²) in [6.07, 6.45) is 1.06. The Kier molecular flexibility index (Phi) is 4.65. The average molecular weight is 272 g/mol. The van der Waals surface area contributed by atoms with Crippen molar-refractivity contribution in [2.75, 3.05) is 14.2 Å². The Morgan fingerprint density at radius 1 is 1.00 bits per heavy atom. The molecule has 0 amide bonds. The van der Waals surface area contributed by atoms with Crippen molar-refractivity contribution in [2.24, 2.45) is 0 Å². The molecule has 0 aliphatic rings. The number of nitrogens with zero attached hydrogens (tertiary/aromatic N) is 2. The van der Waals surface area contributed by atoms with Crippen LogP contribution in [0.15, 0.2) is 36.4 Å². The third-order valence-corrected chi connectivity index (χ3v) is 2.93. The number of rotatable bonds is 6.